The van der Waals surface area contributed by atoms with Crippen molar-refractivity contribution in [1.82, 2.24) is 4.98 Å². The van der Waals surface area contributed by atoms with Crippen molar-refractivity contribution in [3.05, 3.63) is 88.7 Å². The number of aryl methyl sites for hydroxylation is 3. The van der Waals surface area contributed by atoms with Crippen LogP contribution in [0, 0.1) is 26.8 Å². The second-order valence-corrected chi connectivity index (χ2v) is 11.1. The van der Waals surface area contributed by atoms with Crippen molar-refractivity contribution in [2.45, 2.75) is 60.8 Å². The quantitative estimate of drug-likeness (QED) is 0.134. The number of aliphatic hydroxyl groups is 1. The number of carbonyl (C=O) groups is 1. The summed E-state index contributed by atoms with van der Waals surface area (Å²) >= 11 is 1.78. The van der Waals surface area contributed by atoms with E-state index in [1.54, 1.807) is 11.3 Å². The number of fused-ring (bicyclic) bond motifs is 1. The van der Waals surface area contributed by atoms with Crippen molar-refractivity contribution < 1.29 is 30.0 Å². The zero-order valence-corrected chi connectivity index (χ0v) is 25.5. The van der Waals surface area contributed by atoms with Crippen molar-refractivity contribution in [2.75, 3.05) is 0 Å². The molecule has 0 saturated carbocycles. The molecule has 2 aromatic carbocycles. The largest absolute Gasteiger partial charge is 0.512 e. The second-order valence-electron chi connectivity index (χ2n) is 10.1. The van der Waals surface area contributed by atoms with Crippen molar-refractivity contribution in [1.29, 1.82) is 0 Å². The van der Waals surface area contributed by atoms with Gasteiger partial charge in [0.05, 0.1) is 5.76 Å². The van der Waals surface area contributed by atoms with Crippen LogP contribution in [0.5, 0.6) is 0 Å². The average Bonchev–Trinajstić information content (AvgIpc) is 3.14. The number of hydrogen-bond donors (Lipinski definition) is 1. The van der Waals surface area contributed by atoms with E-state index in [1.807, 2.05) is 0 Å². The smallest absolute Gasteiger partial charge is 0.155 e. The topological polar surface area (TPSA) is 50.2 Å². The summed E-state index contributed by atoms with van der Waals surface area (Å²) in [5, 5.41) is 9.57. The Morgan fingerprint density at radius 2 is 1.64 bits per heavy atom. The van der Waals surface area contributed by atoms with E-state index in [9.17, 15) is 4.79 Å². The molecule has 4 rings (SSSR count). The first-order valence-corrected chi connectivity index (χ1v) is 12.6. The molecule has 2 heterocycles. The maximum absolute atomic E-state index is 10.0. The van der Waals surface area contributed by atoms with Gasteiger partial charge in [-0.3, -0.25) is 9.78 Å². The van der Waals surface area contributed by atoms with Crippen molar-refractivity contribution in [2.24, 2.45) is 0 Å². The van der Waals surface area contributed by atoms with E-state index in [0.29, 0.717) is 0 Å². The molecule has 0 spiro atoms. The molecule has 36 heavy (non-hydrogen) atoms. The van der Waals surface area contributed by atoms with Gasteiger partial charge in [-0.15, -0.1) is 46.2 Å². The minimum absolute atomic E-state index is 0. The van der Waals surface area contributed by atoms with Crippen LogP contribution in [-0.4, -0.2) is 15.9 Å². The summed E-state index contributed by atoms with van der Waals surface area (Å²) < 4.78 is 0. The first-order valence-electron chi connectivity index (χ1n) is 11.7. The Morgan fingerprint density at radius 1 is 1.00 bits per heavy atom. The van der Waals surface area contributed by atoms with Gasteiger partial charge in [0.15, 0.2) is 5.78 Å². The van der Waals surface area contributed by atoms with Crippen LogP contribution >= 0.6 is 11.3 Å². The summed E-state index contributed by atoms with van der Waals surface area (Å²) in [7, 11) is 0. The number of allylic oxidation sites excluding steroid dienone is 2. The number of hydrogen-bond acceptors (Lipinski definition) is 4. The van der Waals surface area contributed by atoms with E-state index >= 15 is 0 Å². The minimum Gasteiger partial charge on any atom is -0.512 e. The van der Waals surface area contributed by atoms with Gasteiger partial charge >= 0.3 is 0 Å². The Hall–Kier alpha value is -2.59. The number of ketones is 1. The SMILES string of the molecule is CC(=O)/C=C(/C)O.Cc1[c-]c(-c2ccc3cc(-c4c(C)cccc4C)sc3n2)cc(C(C)(C)C)c1.[Ir]. The fourth-order valence-corrected chi connectivity index (χ4v) is 5.18. The fourth-order valence-electron chi connectivity index (χ4n) is 3.97. The van der Waals surface area contributed by atoms with E-state index in [4.69, 9.17) is 10.1 Å². The molecule has 0 aliphatic heterocycles. The number of pyridine rings is 1. The Morgan fingerprint density at radius 3 is 2.17 bits per heavy atom. The maximum Gasteiger partial charge on any atom is 0.155 e. The predicted molar refractivity (Wildman–Crippen MR) is 149 cm³/mol. The summed E-state index contributed by atoms with van der Waals surface area (Å²) in [6.07, 6.45) is 1.17. The van der Waals surface area contributed by atoms with Crippen molar-refractivity contribution in [3.63, 3.8) is 0 Å². The second kappa shape index (κ2) is 12.1. The van der Waals surface area contributed by atoms with Gasteiger partial charge in [-0.25, -0.2) is 0 Å². The summed E-state index contributed by atoms with van der Waals surface area (Å²) in [5.41, 5.74) is 8.63. The number of nitrogens with zero attached hydrogens (tertiary/aromatic N) is 1. The summed E-state index contributed by atoms with van der Waals surface area (Å²) in [5.74, 6) is -0.0625. The van der Waals surface area contributed by atoms with E-state index in [1.165, 1.54) is 52.4 Å². The van der Waals surface area contributed by atoms with Crippen LogP contribution in [0.15, 0.2) is 60.4 Å². The molecular weight excluding hydrogens is 643 g/mol. The Kier molecular flexibility index (Phi) is 9.96. The maximum atomic E-state index is 10.0. The van der Waals surface area contributed by atoms with Crippen LogP contribution in [0.1, 0.15) is 56.9 Å². The molecule has 0 fully saturated rings. The van der Waals surface area contributed by atoms with Gasteiger partial charge < -0.3 is 5.11 Å². The third kappa shape index (κ3) is 7.46. The molecule has 0 saturated heterocycles. The Labute approximate surface area is 232 Å². The average molecular weight is 677 g/mol. The summed E-state index contributed by atoms with van der Waals surface area (Å²) in [4.78, 5) is 17.4. The van der Waals surface area contributed by atoms with Crippen LogP contribution in [-0.2, 0) is 30.3 Å². The van der Waals surface area contributed by atoms with Gasteiger partial charge in [0, 0.05) is 36.4 Å². The number of thiophene rings is 1. The van der Waals surface area contributed by atoms with Gasteiger partial charge in [0.1, 0.15) is 4.83 Å². The molecule has 191 valence electrons. The zero-order valence-electron chi connectivity index (χ0n) is 22.2. The molecule has 0 amide bonds. The van der Waals surface area contributed by atoms with Crippen LogP contribution in [0.3, 0.4) is 0 Å². The van der Waals surface area contributed by atoms with Crippen LogP contribution < -0.4 is 0 Å². The zero-order chi connectivity index (χ0) is 25.9. The molecule has 4 aromatic rings. The third-order valence-electron chi connectivity index (χ3n) is 5.67. The first kappa shape index (κ1) is 29.6. The molecule has 0 atom stereocenters. The molecular formula is C31H34IrNO2S-. The van der Waals surface area contributed by atoms with E-state index in [2.05, 4.69) is 96.1 Å². The summed E-state index contributed by atoms with van der Waals surface area (Å²) in [6.45, 7) is 16.1. The Bertz CT molecular complexity index is 1390. The van der Waals surface area contributed by atoms with Gasteiger partial charge in [-0.05, 0) is 61.6 Å². The number of aromatic nitrogens is 1. The fraction of sp³-hybridized carbons (Fsp3) is 0.290. The normalized spacial score (nSPS) is 11.5. The van der Waals surface area contributed by atoms with Gasteiger partial charge in [0.25, 0.3) is 0 Å². The van der Waals surface area contributed by atoms with Crippen molar-refractivity contribution in [3.8, 4) is 21.7 Å². The monoisotopic (exact) mass is 677 g/mol. The van der Waals surface area contributed by atoms with E-state index in [-0.39, 0.29) is 37.1 Å². The standard InChI is InChI=1S/C26H26NS.C5H8O2.Ir/c1-16-12-20(14-21(13-16)26(4,5)6)22-11-10-19-15-23(28-25(19)27-22)24-17(2)8-7-9-18(24)3;1-4(6)3-5(2)7;/h7-11,13-15H,1-6H3;3,6H,1-2H3;/q-1;;/b;4-3-;. The predicted octanol–water partition coefficient (Wildman–Crippen LogP) is 8.69. The van der Waals surface area contributed by atoms with Crippen LogP contribution in [0.2, 0.25) is 0 Å². The number of rotatable bonds is 3. The minimum atomic E-state index is -0.125. The molecule has 0 aliphatic carbocycles. The molecule has 2 aromatic heterocycles. The number of benzene rings is 2. The molecule has 3 nitrogen and oxygen atoms in total. The van der Waals surface area contributed by atoms with E-state index < -0.39 is 0 Å². The van der Waals surface area contributed by atoms with Gasteiger partial charge in [-0.2, -0.15) is 0 Å². The number of carbonyl (C=O) groups excluding carboxylic acids is 1. The molecule has 5 heteroatoms. The Balaban J connectivity index is 0.000000503. The summed E-state index contributed by atoms with van der Waals surface area (Å²) in [6, 6.07) is 21.0. The molecule has 0 aliphatic rings. The molecule has 0 unspecified atom stereocenters. The van der Waals surface area contributed by atoms with Crippen molar-refractivity contribution >= 4 is 27.3 Å². The third-order valence-corrected chi connectivity index (χ3v) is 6.73. The van der Waals surface area contributed by atoms with Crippen LogP contribution in [0.4, 0.5) is 0 Å². The number of aliphatic hydroxyl groups excluding tert-OH is 1. The van der Waals surface area contributed by atoms with Gasteiger partial charge in [-0.1, -0.05) is 58.0 Å². The molecule has 1 N–H and O–H groups in total. The molecule has 0 bridgehead atoms. The van der Waals surface area contributed by atoms with Gasteiger partial charge in [0.2, 0.25) is 0 Å². The van der Waals surface area contributed by atoms with Crippen LogP contribution in [0.25, 0.3) is 31.9 Å². The molecule has 1 radical (unpaired) electrons. The first-order chi connectivity index (χ1) is 16.3. The van der Waals surface area contributed by atoms with E-state index in [0.717, 1.165) is 21.7 Å².